The van der Waals surface area contributed by atoms with Crippen LogP contribution in [0.4, 0.5) is 0 Å². The van der Waals surface area contributed by atoms with Crippen LogP contribution >= 0.6 is 0 Å². The fourth-order valence-electron chi connectivity index (χ4n) is 14.0. The van der Waals surface area contributed by atoms with Gasteiger partial charge in [-0.15, -0.1) is 0 Å². The van der Waals surface area contributed by atoms with Crippen LogP contribution in [0.5, 0.6) is 0 Å². The lowest BCUT2D eigenvalue weighted by molar-refractivity contribution is -0.270. The molecule has 4 rings (SSSR count). The Morgan fingerprint density at radius 1 is 0.347 bits per heavy atom. The summed E-state index contributed by atoms with van der Waals surface area (Å²) in [4.78, 5) is 147. The smallest absolute Gasteiger partial charge is 0.242 e. The highest BCUT2D eigenvalue weighted by Crippen LogP contribution is 2.27. The molecule has 0 bridgehead atoms. The molecule has 121 heavy (non-hydrogen) atoms. The van der Waals surface area contributed by atoms with E-state index in [1.807, 2.05) is 0 Å². The van der Waals surface area contributed by atoms with Crippen LogP contribution in [0.15, 0.2) is 5.11 Å². The third kappa shape index (κ3) is 40.1. The van der Waals surface area contributed by atoms with E-state index in [1.54, 1.807) is 6.92 Å². The fourth-order valence-corrected chi connectivity index (χ4v) is 14.0. The van der Waals surface area contributed by atoms with E-state index in [1.165, 1.54) is 27.7 Å². The van der Waals surface area contributed by atoms with Gasteiger partial charge < -0.3 is 153 Å². The molecule has 3 unspecified atom stereocenters. The second kappa shape index (κ2) is 59.5. The van der Waals surface area contributed by atoms with Crippen LogP contribution in [-0.4, -0.2) is 341 Å². The molecular formula is C77H136N14O30. The first-order chi connectivity index (χ1) is 57.8. The Bertz CT molecular complexity index is 3160. The molecule has 0 radical (unpaired) electrons. The largest absolute Gasteiger partial charge is 0.394 e. The summed E-state index contributed by atoms with van der Waals surface area (Å²) < 4.78 is 45.9. The van der Waals surface area contributed by atoms with Gasteiger partial charge in [0.1, 0.15) is 109 Å². The summed E-state index contributed by atoms with van der Waals surface area (Å²) in [6.07, 6.45) is -12.6. The van der Waals surface area contributed by atoms with Gasteiger partial charge in [0.05, 0.1) is 25.9 Å². The molecule has 44 heteroatoms. The molecule has 4 aliphatic heterocycles. The SMILES string of the molecule is CC(=O)N[C@H]1[C@H](OCCCCCCNC(=O)C(CCC(=O)NC(CCC(=O)NC(CCC(=O)NCCCCCCO[C@@H]2O[C@H](CO)[C@H](O)[C@H](O)[C@H]2NC(C)=O)C(=O)NCCCCCCO[C@@H]2O[C@H](CO)[C@H](O)[C@H](O)[C@H]2NC(C)=O)C(=O)NCCCCCCO[C@@H]2O[C@H](CO)[C@H](O)[C@H](O)[C@H]2NC(C)=O)NC(=O)CCCCCN=[N+]=[N-])O[C@H](C)[C@H](O)[C@@H]1O. The van der Waals surface area contributed by atoms with Crippen molar-refractivity contribution in [2.45, 2.75) is 342 Å². The zero-order valence-electron chi connectivity index (χ0n) is 70.2. The molecule has 44 nitrogen and oxygen atoms in total. The van der Waals surface area contributed by atoms with E-state index in [4.69, 9.17) is 43.4 Å². The van der Waals surface area contributed by atoms with E-state index in [0.717, 1.165) is 0 Å². The van der Waals surface area contributed by atoms with Gasteiger partial charge in [-0.2, -0.15) is 0 Å². The predicted octanol–water partition coefficient (Wildman–Crippen LogP) is -4.77. The van der Waals surface area contributed by atoms with Gasteiger partial charge in [-0.3, -0.25) is 52.7 Å². The number of aliphatic hydroxyl groups excluding tert-OH is 11. The Morgan fingerprint density at radius 2 is 0.620 bits per heavy atom. The summed E-state index contributed by atoms with van der Waals surface area (Å²) in [5.74, 6) is -6.41. The van der Waals surface area contributed by atoms with E-state index in [2.05, 4.69) is 68.5 Å². The Morgan fingerprint density at radius 3 is 0.926 bits per heavy atom. The van der Waals surface area contributed by atoms with E-state index >= 15 is 0 Å². The number of azide groups is 1. The van der Waals surface area contributed by atoms with Crippen molar-refractivity contribution in [3.8, 4) is 0 Å². The van der Waals surface area contributed by atoms with E-state index in [-0.39, 0.29) is 91.3 Å². The van der Waals surface area contributed by atoms with Gasteiger partial charge in [0.15, 0.2) is 25.2 Å². The molecule has 4 heterocycles. The van der Waals surface area contributed by atoms with Crippen LogP contribution in [0.25, 0.3) is 10.4 Å². The molecule has 4 saturated heterocycles. The van der Waals surface area contributed by atoms with E-state index < -0.39 is 238 Å². The van der Waals surface area contributed by atoms with Crippen molar-refractivity contribution in [3.63, 3.8) is 0 Å². The molecule has 0 spiro atoms. The first-order valence-electron chi connectivity index (χ1n) is 42.3. The molecule has 0 aliphatic carbocycles. The standard InChI is InChI=1S/C77H136N14O30/c1-44-63(103)67(107)59(84-45(2)95)74(118-44)114-37-21-11-7-17-34-81-72(112)50(88-56(100)25-15-14-20-36-83-91-78)27-30-58(102)90-51(73(113)82-35-19-9-13-24-40-117-77-62(87-48(5)98)70(110)66(106)54(43-94)121-77)28-31-57(101)89-49(71(111)80-33-18-8-12-23-39-116-76-61(86-47(4)97)69(109)65(105)53(42-93)120-76)26-29-55(99)79-32-16-6-10-22-38-115-75-60(85-46(3)96)68(108)64(104)52(41-92)119-75/h44,49-54,59-70,74-77,92-94,103-110H,6-43H2,1-5H3,(H,79,99)(H,80,111)(H,81,112)(H,82,113)(H,84,95)(H,85,96)(H,86,97)(H,87,98)(H,88,100)(H,89,101)(H,90,102)/t44-,49?,50?,51?,52-,53-,54-,59-,60-,61-,62-,63+,64+,65+,66+,67-,68-,69-,70-,74-,75-,76-,77-/m1/s1. The van der Waals surface area contributed by atoms with Crippen molar-refractivity contribution in [1.82, 2.24) is 58.5 Å². The highest BCUT2D eigenvalue weighted by molar-refractivity contribution is 5.91. The summed E-state index contributed by atoms with van der Waals surface area (Å²) in [6, 6.07) is -8.34. The number of aliphatic hydroxyl groups is 11. The molecule has 22 N–H and O–H groups in total. The number of unbranched alkanes of at least 4 members (excludes halogenated alkanes) is 14. The van der Waals surface area contributed by atoms with Gasteiger partial charge >= 0.3 is 0 Å². The number of carbonyl (C=O) groups excluding carboxylic acids is 11. The van der Waals surface area contributed by atoms with Crippen LogP contribution in [0.1, 0.15) is 202 Å². The summed E-state index contributed by atoms with van der Waals surface area (Å²) in [6.45, 7) is 5.86. The lowest BCUT2D eigenvalue weighted by Gasteiger charge is -2.42. The molecule has 23 atom stereocenters. The summed E-state index contributed by atoms with van der Waals surface area (Å²) in [5, 5.41) is 146. The van der Waals surface area contributed by atoms with Crippen LogP contribution in [0, 0.1) is 0 Å². The maximum absolute atomic E-state index is 14.2. The van der Waals surface area contributed by atoms with Gasteiger partial charge in [-0.1, -0.05) is 62.9 Å². The number of amides is 11. The highest BCUT2D eigenvalue weighted by atomic mass is 16.7. The number of nitrogens with zero attached hydrogens (tertiary/aromatic N) is 3. The molecular weight excluding hydrogens is 1600 g/mol. The summed E-state index contributed by atoms with van der Waals surface area (Å²) >= 11 is 0. The molecule has 4 aliphatic rings. The number of rotatable bonds is 60. The number of carbonyl (C=O) groups is 11. The van der Waals surface area contributed by atoms with E-state index in [9.17, 15) is 109 Å². The fraction of sp³-hybridized carbons (Fsp3) is 0.857. The average molecular weight is 1740 g/mol. The first kappa shape index (κ1) is 106. The van der Waals surface area contributed by atoms with E-state index in [0.29, 0.717) is 122 Å². The lowest BCUT2D eigenvalue weighted by atomic mass is 9.97. The minimum absolute atomic E-state index is 0.00907. The van der Waals surface area contributed by atoms with Gasteiger partial charge in [0.25, 0.3) is 0 Å². The second-order valence-corrected chi connectivity index (χ2v) is 30.8. The monoisotopic (exact) mass is 1740 g/mol. The maximum Gasteiger partial charge on any atom is 0.242 e. The number of hydrogen-bond acceptors (Lipinski definition) is 31. The van der Waals surface area contributed by atoms with Crippen LogP contribution in [0.3, 0.4) is 0 Å². The first-order valence-corrected chi connectivity index (χ1v) is 42.3. The molecule has 11 amide bonds. The third-order valence-electron chi connectivity index (χ3n) is 20.8. The van der Waals surface area contributed by atoms with Gasteiger partial charge in [0, 0.05) is 117 Å². The number of ether oxygens (including phenoxy) is 8. The van der Waals surface area contributed by atoms with Crippen molar-refractivity contribution < 1.29 is 147 Å². The summed E-state index contributed by atoms with van der Waals surface area (Å²) in [7, 11) is 0. The Hall–Kier alpha value is -7.28. The minimum Gasteiger partial charge on any atom is -0.394 e. The van der Waals surface area contributed by atoms with Crippen LogP contribution < -0.4 is 58.5 Å². The topological polar surface area (TPSA) is 665 Å². The molecule has 0 aromatic carbocycles. The minimum atomic E-state index is -1.51. The van der Waals surface area contributed by atoms with Crippen molar-refractivity contribution in [1.29, 1.82) is 0 Å². The Balaban J connectivity index is 1.45. The Labute approximate surface area is 704 Å². The second-order valence-electron chi connectivity index (χ2n) is 30.8. The number of nitrogens with one attached hydrogen (secondary N) is 11. The van der Waals surface area contributed by atoms with Crippen LogP contribution in [-0.2, 0) is 90.6 Å². The van der Waals surface area contributed by atoms with Gasteiger partial charge in [-0.25, -0.2) is 0 Å². The Kier molecular flexibility index (Phi) is 52.2. The maximum atomic E-state index is 14.2. The zero-order valence-corrected chi connectivity index (χ0v) is 70.2. The molecule has 0 aromatic rings. The molecule has 694 valence electrons. The van der Waals surface area contributed by atoms with Crippen molar-refractivity contribution >= 4 is 65.0 Å². The van der Waals surface area contributed by atoms with Crippen molar-refractivity contribution in [2.24, 2.45) is 5.11 Å². The van der Waals surface area contributed by atoms with Crippen molar-refractivity contribution in [3.05, 3.63) is 10.4 Å². The quantitative estimate of drug-likeness (QED) is 0.0118. The average Bonchev–Trinajstić information content (AvgIpc) is 0.821. The summed E-state index contributed by atoms with van der Waals surface area (Å²) in [5.41, 5.74) is 8.68. The highest BCUT2D eigenvalue weighted by Gasteiger charge is 2.49. The predicted molar refractivity (Wildman–Crippen MR) is 426 cm³/mol. The molecule has 0 saturated carbocycles. The van der Waals surface area contributed by atoms with Gasteiger partial charge in [0.2, 0.25) is 65.0 Å². The third-order valence-corrected chi connectivity index (χ3v) is 20.8. The van der Waals surface area contributed by atoms with Crippen molar-refractivity contribution in [2.75, 3.05) is 79.0 Å². The zero-order chi connectivity index (χ0) is 89.3. The number of hydrogen-bond donors (Lipinski definition) is 22. The molecule has 4 fully saturated rings. The lowest BCUT2D eigenvalue weighted by Crippen LogP contribution is -2.64. The molecule has 0 aromatic heterocycles. The van der Waals surface area contributed by atoms with Crippen LogP contribution in [0.2, 0.25) is 0 Å². The normalized spacial score (nSPS) is 27.2. The van der Waals surface area contributed by atoms with Gasteiger partial charge in [-0.05, 0) is 95.9 Å².